The number of piperidine rings is 1. The Labute approximate surface area is 192 Å². The lowest BCUT2D eigenvalue weighted by molar-refractivity contribution is 0.0606. The molecule has 168 valence electrons. The number of nitrogens with zero attached hydrogens (tertiary/aromatic N) is 4. The third-order valence-corrected chi connectivity index (χ3v) is 7.25. The van der Waals surface area contributed by atoms with E-state index in [9.17, 15) is 9.90 Å². The average molecular weight is 461 g/mol. The molecule has 0 aliphatic carbocycles. The van der Waals surface area contributed by atoms with Crippen molar-refractivity contribution < 1.29 is 9.90 Å². The van der Waals surface area contributed by atoms with E-state index in [2.05, 4.69) is 17.0 Å². The summed E-state index contributed by atoms with van der Waals surface area (Å²) >= 11 is 3.09. The molecule has 3 heterocycles. The quantitative estimate of drug-likeness (QED) is 0.473. The predicted molar refractivity (Wildman–Crippen MR) is 130 cm³/mol. The number of hydrazone groups is 1. The summed E-state index contributed by atoms with van der Waals surface area (Å²) in [5.41, 5.74) is 2.42. The molecule has 0 saturated carbocycles. The molecular formula is C23H32N4O2S2. The second-order valence-electron chi connectivity index (χ2n) is 8.91. The molecular weight excluding hydrogens is 428 g/mol. The van der Waals surface area contributed by atoms with E-state index in [4.69, 9.17) is 0 Å². The van der Waals surface area contributed by atoms with Crippen LogP contribution in [0.25, 0.3) is 0 Å². The molecule has 0 radical (unpaired) electrons. The first-order valence-corrected chi connectivity index (χ1v) is 12.4. The molecule has 1 aliphatic heterocycles. The fourth-order valence-corrected chi connectivity index (χ4v) is 5.49. The Morgan fingerprint density at radius 2 is 2.06 bits per heavy atom. The highest BCUT2D eigenvalue weighted by atomic mass is 32.1. The smallest absolute Gasteiger partial charge is 0.257 e. The van der Waals surface area contributed by atoms with Gasteiger partial charge >= 0.3 is 0 Å². The van der Waals surface area contributed by atoms with Gasteiger partial charge in [0.2, 0.25) is 0 Å². The molecule has 31 heavy (non-hydrogen) atoms. The molecule has 1 fully saturated rings. The Balaban J connectivity index is 1.78. The number of aromatic nitrogens is 1. The SMILES string of the molecule is CC(C)=CC=NN(C)c1cscc1C(=O)N1CC(c2nc(C(C)(C)O)cs2)CCC1C. The largest absolute Gasteiger partial charge is 0.384 e. The highest BCUT2D eigenvalue weighted by Gasteiger charge is 2.34. The average Bonchev–Trinajstić information content (AvgIpc) is 3.37. The third kappa shape index (κ3) is 5.61. The number of likely N-dealkylation sites (tertiary alicyclic amines) is 1. The number of carbonyl (C=O) groups excluding carboxylic acids is 1. The third-order valence-electron chi connectivity index (χ3n) is 5.51. The van der Waals surface area contributed by atoms with E-state index in [1.54, 1.807) is 36.4 Å². The van der Waals surface area contributed by atoms with Gasteiger partial charge in [-0.1, -0.05) is 5.57 Å². The van der Waals surface area contributed by atoms with Gasteiger partial charge in [0.1, 0.15) is 5.60 Å². The number of thiazole rings is 1. The zero-order valence-corrected chi connectivity index (χ0v) is 20.8. The topological polar surface area (TPSA) is 69.0 Å². The van der Waals surface area contributed by atoms with Gasteiger partial charge in [-0.15, -0.1) is 22.7 Å². The summed E-state index contributed by atoms with van der Waals surface area (Å²) < 4.78 is 0. The van der Waals surface area contributed by atoms with E-state index < -0.39 is 5.60 Å². The maximum Gasteiger partial charge on any atom is 0.257 e. The van der Waals surface area contributed by atoms with Crippen molar-refractivity contribution in [2.24, 2.45) is 5.10 Å². The van der Waals surface area contributed by atoms with Crippen LogP contribution in [-0.2, 0) is 5.60 Å². The van der Waals surface area contributed by atoms with Crippen molar-refractivity contribution >= 4 is 40.5 Å². The first-order chi connectivity index (χ1) is 14.6. The first kappa shape index (κ1) is 23.6. The maximum absolute atomic E-state index is 13.5. The van der Waals surface area contributed by atoms with Gasteiger partial charge in [0, 0.05) is 47.9 Å². The van der Waals surface area contributed by atoms with Crippen molar-refractivity contribution in [3.05, 3.63) is 44.1 Å². The lowest BCUT2D eigenvalue weighted by Crippen LogP contribution is -2.45. The normalized spacial score (nSPS) is 19.6. The molecule has 6 nitrogen and oxygen atoms in total. The molecule has 8 heteroatoms. The lowest BCUT2D eigenvalue weighted by atomic mass is 9.93. The van der Waals surface area contributed by atoms with Gasteiger partial charge in [-0.2, -0.15) is 5.10 Å². The van der Waals surface area contributed by atoms with Crippen molar-refractivity contribution in [2.45, 2.75) is 65.0 Å². The summed E-state index contributed by atoms with van der Waals surface area (Å²) in [5.74, 6) is 0.230. The van der Waals surface area contributed by atoms with Gasteiger partial charge in [-0.25, -0.2) is 4.98 Å². The number of hydrogen-bond acceptors (Lipinski definition) is 7. The van der Waals surface area contributed by atoms with Crippen molar-refractivity contribution in [2.75, 3.05) is 18.6 Å². The molecule has 0 aromatic carbocycles. The highest BCUT2D eigenvalue weighted by molar-refractivity contribution is 7.09. The van der Waals surface area contributed by atoms with Crippen molar-refractivity contribution in [3.63, 3.8) is 0 Å². The van der Waals surface area contributed by atoms with Crippen LogP contribution in [0.15, 0.2) is 32.9 Å². The Kier molecular flexibility index (Phi) is 7.34. The fraction of sp³-hybridized carbons (Fsp3) is 0.522. The van der Waals surface area contributed by atoms with E-state index >= 15 is 0 Å². The molecule has 2 aromatic rings. The van der Waals surface area contributed by atoms with Gasteiger partial charge in [-0.3, -0.25) is 9.80 Å². The second kappa shape index (κ2) is 9.63. The van der Waals surface area contributed by atoms with Crippen molar-refractivity contribution in [3.8, 4) is 0 Å². The Morgan fingerprint density at radius 3 is 2.71 bits per heavy atom. The van der Waals surface area contributed by atoms with E-state index in [1.807, 2.05) is 48.0 Å². The van der Waals surface area contributed by atoms with Crippen LogP contribution in [-0.4, -0.2) is 46.7 Å². The predicted octanol–water partition coefficient (Wildman–Crippen LogP) is 5.23. The number of hydrogen-bond donors (Lipinski definition) is 1. The fourth-order valence-electron chi connectivity index (χ4n) is 3.55. The Morgan fingerprint density at radius 1 is 1.32 bits per heavy atom. The minimum atomic E-state index is -0.950. The van der Waals surface area contributed by atoms with Gasteiger partial charge < -0.3 is 10.0 Å². The highest BCUT2D eigenvalue weighted by Crippen LogP contribution is 2.35. The lowest BCUT2D eigenvalue weighted by Gasteiger charge is -2.37. The van der Waals surface area contributed by atoms with Crippen LogP contribution in [0.2, 0.25) is 0 Å². The minimum Gasteiger partial charge on any atom is -0.384 e. The number of aliphatic hydroxyl groups is 1. The molecule has 3 rings (SSSR count). The molecule has 2 atom stereocenters. The number of anilines is 1. The van der Waals surface area contributed by atoms with Gasteiger partial charge in [0.05, 0.1) is 22.0 Å². The summed E-state index contributed by atoms with van der Waals surface area (Å²) in [6.45, 7) is 10.3. The molecule has 0 bridgehead atoms. The van der Waals surface area contributed by atoms with Crippen LogP contribution in [0.4, 0.5) is 5.69 Å². The molecule has 1 N–H and O–H groups in total. The molecule has 1 aliphatic rings. The molecule has 2 unspecified atom stereocenters. The first-order valence-electron chi connectivity index (χ1n) is 10.5. The second-order valence-corrected chi connectivity index (χ2v) is 10.5. The van der Waals surface area contributed by atoms with Crippen molar-refractivity contribution in [1.82, 2.24) is 9.88 Å². The van der Waals surface area contributed by atoms with E-state index in [1.165, 1.54) is 16.9 Å². The monoisotopic (exact) mass is 460 g/mol. The summed E-state index contributed by atoms with van der Waals surface area (Å²) in [5, 5.41) is 23.2. The van der Waals surface area contributed by atoms with E-state index in [0.29, 0.717) is 17.8 Å². The Hall–Kier alpha value is -2.03. The number of carbonyl (C=O) groups is 1. The summed E-state index contributed by atoms with van der Waals surface area (Å²) in [7, 11) is 1.87. The molecule has 1 amide bonds. The van der Waals surface area contributed by atoms with Gasteiger partial charge in [0.25, 0.3) is 5.91 Å². The van der Waals surface area contributed by atoms with Crippen LogP contribution in [0.1, 0.15) is 74.4 Å². The van der Waals surface area contributed by atoms with E-state index in [0.717, 1.165) is 23.5 Å². The molecule has 0 spiro atoms. The standard InChI is InChI=1S/C23H32N4O2S2/c1-15(2)9-10-24-26(6)19-13-30-12-18(19)22(28)27-11-17(8-7-16(27)3)21-25-20(14-31-21)23(4,5)29/h9-10,12-14,16-17,29H,7-8,11H2,1-6H3. The summed E-state index contributed by atoms with van der Waals surface area (Å²) in [4.78, 5) is 20.2. The summed E-state index contributed by atoms with van der Waals surface area (Å²) in [6.07, 6.45) is 5.62. The molecule has 2 aromatic heterocycles. The van der Waals surface area contributed by atoms with E-state index in [-0.39, 0.29) is 17.9 Å². The zero-order valence-electron chi connectivity index (χ0n) is 19.1. The number of amides is 1. The van der Waals surface area contributed by atoms with Crippen LogP contribution in [0.3, 0.4) is 0 Å². The van der Waals surface area contributed by atoms with Crippen LogP contribution >= 0.6 is 22.7 Å². The number of rotatable bonds is 6. The number of thiophene rings is 1. The van der Waals surface area contributed by atoms with Gasteiger partial charge in [-0.05, 0) is 53.5 Å². The van der Waals surface area contributed by atoms with Gasteiger partial charge in [0.15, 0.2) is 0 Å². The Bertz CT molecular complexity index is 966. The maximum atomic E-state index is 13.5. The van der Waals surface area contributed by atoms with Crippen LogP contribution in [0, 0.1) is 0 Å². The zero-order chi connectivity index (χ0) is 22.8. The number of allylic oxidation sites excluding steroid dienone is 2. The minimum absolute atomic E-state index is 0.0389. The van der Waals surface area contributed by atoms with Crippen molar-refractivity contribution in [1.29, 1.82) is 0 Å². The summed E-state index contributed by atoms with van der Waals surface area (Å²) in [6, 6.07) is 0.171. The van der Waals surface area contributed by atoms with Crippen LogP contribution < -0.4 is 5.01 Å². The van der Waals surface area contributed by atoms with Crippen LogP contribution in [0.5, 0.6) is 0 Å². The molecule has 1 saturated heterocycles.